The van der Waals surface area contributed by atoms with E-state index in [-0.39, 0.29) is 0 Å². The molecule has 0 bridgehead atoms. The van der Waals surface area contributed by atoms with Crippen LogP contribution in [-0.2, 0) is 14.8 Å². The molecule has 1 aromatic heterocycles. The summed E-state index contributed by atoms with van der Waals surface area (Å²) < 4.78 is 32.2. The summed E-state index contributed by atoms with van der Waals surface area (Å²) in [7, 11) is -3.37. The van der Waals surface area contributed by atoms with Gasteiger partial charge in [0.2, 0.25) is 10.0 Å². The molecule has 1 N–H and O–H groups in total. The Morgan fingerprint density at radius 1 is 1.25 bits per heavy atom. The number of nitrogens with zero attached hydrogens (tertiary/aromatic N) is 1. The van der Waals surface area contributed by atoms with Crippen molar-refractivity contribution in [1.29, 1.82) is 0 Å². The fourth-order valence-electron chi connectivity index (χ4n) is 1.71. The van der Waals surface area contributed by atoms with E-state index in [1.54, 1.807) is 12.1 Å². The molecule has 1 aromatic rings. The zero-order valence-electron chi connectivity index (χ0n) is 12.4. The predicted molar refractivity (Wildman–Crippen MR) is 82.9 cm³/mol. The maximum absolute atomic E-state index is 11.9. The standard InChI is InChI=1S/C13H24N2O3S2/c1-4-15(5-2)9-11-18-10-8-14-20(16,17)13-7-6-12(3)19-13/h6-7,14H,4-5,8-11H2,1-3H3. The van der Waals surface area contributed by atoms with E-state index in [0.29, 0.717) is 24.0 Å². The van der Waals surface area contributed by atoms with Crippen molar-refractivity contribution in [3.8, 4) is 0 Å². The number of aryl methyl sites for hydroxylation is 1. The Hall–Kier alpha value is -0.470. The molecule has 0 atom stereocenters. The summed E-state index contributed by atoms with van der Waals surface area (Å²) in [4.78, 5) is 3.25. The maximum Gasteiger partial charge on any atom is 0.250 e. The van der Waals surface area contributed by atoms with E-state index in [2.05, 4.69) is 23.5 Å². The first-order valence-corrected chi connectivity index (χ1v) is 9.15. The second-order valence-corrected chi connectivity index (χ2v) is 7.68. The topological polar surface area (TPSA) is 58.6 Å². The van der Waals surface area contributed by atoms with E-state index < -0.39 is 10.0 Å². The van der Waals surface area contributed by atoms with E-state index in [1.165, 1.54) is 11.3 Å². The van der Waals surface area contributed by atoms with Crippen LogP contribution in [0.2, 0.25) is 0 Å². The largest absolute Gasteiger partial charge is 0.379 e. The molecule has 1 rings (SSSR count). The lowest BCUT2D eigenvalue weighted by atomic mass is 10.5. The van der Waals surface area contributed by atoms with Crippen molar-refractivity contribution >= 4 is 21.4 Å². The van der Waals surface area contributed by atoms with Gasteiger partial charge in [-0.3, -0.25) is 0 Å². The van der Waals surface area contributed by atoms with Gasteiger partial charge in [0.15, 0.2) is 0 Å². The number of thiophene rings is 1. The first kappa shape index (κ1) is 17.6. The second-order valence-electron chi connectivity index (χ2n) is 4.40. The van der Waals surface area contributed by atoms with Gasteiger partial charge in [0, 0.05) is 18.0 Å². The molecule has 0 aliphatic rings. The van der Waals surface area contributed by atoms with Crippen LogP contribution in [0.4, 0.5) is 0 Å². The summed E-state index contributed by atoms with van der Waals surface area (Å²) >= 11 is 1.27. The molecular weight excluding hydrogens is 296 g/mol. The zero-order valence-corrected chi connectivity index (χ0v) is 14.0. The highest BCUT2D eigenvalue weighted by Gasteiger charge is 2.15. The molecule has 5 nitrogen and oxygen atoms in total. The maximum atomic E-state index is 11.9. The third-order valence-corrected chi connectivity index (χ3v) is 5.92. The normalized spacial score (nSPS) is 12.2. The Morgan fingerprint density at radius 3 is 2.50 bits per heavy atom. The fraction of sp³-hybridized carbons (Fsp3) is 0.692. The Balaban J connectivity index is 2.21. The minimum absolute atomic E-state index is 0.303. The fourth-order valence-corrected chi connectivity index (χ4v) is 4.05. The van der Waals surface area contributed by atoms with Gasteiger partial charge in [-0.2, -0.15) is 0 Å². The average Bonchev–Trinajstić information content (AvgIpc) is 2.85. The van der Waals surface area contributed by atoms with Gasteiger partial charge in [0.25, 0.3) is 0 Å². The summed E-state index contributed by atoms with van der Waals surface area (Å²) in [6, 6.07) is 3.43. The predicted octanol–water partition coefficient (Wildman–Crippen LogP) is 1.69. The summed E-state index contributed by atoms with van der Waals surface area (Å²) in [6.07, 6.45) is 0. The number of nitrogens with one attached hydrogen (secondary N) is 1. The molecule has 0 unspecified atom stereocenters. The third-order valence-electron chi connectivity index (χ3n) is 2.97. The number of ether oxygens (including phenoxy) is 1. The van der Waals surface area contributed by atoms with E-state index in [0.717, 1.165) is 24.5 Å². The minimum atomic E-state index is -3.37. The van der Waals surface area contributed by atoms with Gasteiger partial charge in [-0.1, -0.05) is 13.8 Å². The van der Waals surface area contributed by atoms with Gasteiger partial charge in [-0.05, 0) is 32.1 Å². The van der Waals surface area contributed by atoms with Gasteiger partial charge in [-0.25, -0.2) is 13.1 Å². The molecule has 0 spiro atoms. The molecule has 0 saturated heterocycles. The summed E-state index contributed by atoms with van der Waals surface area (Å²) in [5, 5.41) is 0. The molecular formula is C13H24N2O3S2. The lowest BCUT2D eigenvalue weighted by molar-refractivity contribution is 0.111. The van der Waals surface area contributed by atoms with E-state index >= 15 is 0 Å². The van der Waals surface area contributed by atoms with Crippen LogP contribution in [0.15, 0.2) is 16.3 Å². The summed E-state index contributed by atoms with van der Waals surface area (Å²) in [6.45, 7) is 10.3. The van der Waals surface area contributed by atoms with E-state index in [1.807, 2.05) is 6.92 Å². The number of hydrogen-bond acceptors (Lipinski definition) is 5. The molecule has 0 fully saturated rings. The van der Waals surface area contributed by atoms with Crippen LogP contribution < -0.4 is 4.72 Å². The third kappa shape index (κ3) is 5.88. The van der Waals surface area contributed by atoms with Crippen molar-refractivity contribution < 1.29 is 13.2 Å². The lowest BCUT2D eigenvalue weighted by Crippen LogP contribution is -2.30. The van der Waals surface area contributed by atoms with Gasteiger partial charge in [0.1, 0.15) is 4.21 Å². The average molecular weight is 320 g/mol. The minimum Gasteiger partial charge on any atom is -0.379 e. The lowest BCUT2D eigenvalue weighted by Gasteiger charge is -2.17. The van der Waals surface area contributed by atoms with Crippen molar-refractivity contribution in [1.82, 2.24) is 9.62 Å². The molecule has 0 aromatic carbocycles. The number of sulfonamides is 1. The van der Waals surface area contributed by atoms with Gasteiger partial charge >= 0.3 is 0 Å². The second kappa shape index (κ2) is 8.74. The van der Waals surface area contributed by atoms with Crippen LogP contribution in [0.25, 0.3) is 0 Å². The Kier molecular flexibility index (Phi) is 7.68. The van der Waals surface area contributed by atoms with Crippen molar-refractivity contribution in [2.24, 2.45) is 0 Å². The molecule has 1 heterocycles. The van der Waals surface area contributed by atoms with E-state index in [4.69, 9.17) is 4.74 Å². The highest BCUT2D eigenvalue weighted by atomic mass is 32.2. The van der Waals surface area contributed by atoms with Crippen LogP contribution in [-0.4, -0.2) is 52.7 Å². The Bertz CT molecular complexity index is 482. The van der Waals surface area contributed by atoms with Gasteiger partial charge < -0.3 is 9.64 Å². The first-order chi connectivity index (χ1) is 9.49. The molecule has 0 saturated carbocycles. The SMILES string of the molecule is CCN(CC)CCOCCNS(=O)(=O)c1ccc(C)s1. The smallest absolute Gasteiger partial charge is 0.250 e. The van der Waals surface area contributed by atoms with Gasteiger partial charge in [-0.15, -0.1) is 11.3 Å². The van der Waals surface area contributed by atoms with Crippen LogP contribution in [0.5, 0.6) is 0 Å². The zero-order chi connectivity index (χ0) is 15.0. The summed E-state index contributed by atoms with van der Waals surface area (Å²) in [5.41, 5.74) is 0. The van der Waals surface area contributed by atoms with E-state index in [9.17, 15) is 8.42 Å². The number of hydrogen-bond donors (Lipinski definition) is 1. The highest BCUT2D eigenvalue weighted by Crippen LogP contribution is 2.19. The van der Waals surface area contributed by atoms with Gasteiger partial charge in [0.05, 0.1) is 13.2 Å². The van der Waals surface area contributed by atoms with Crippen molar-refractivity contribution in [3.05, 3.63) is 17.0 Å². The Labute approximate surface area is 126 Å². The molecule has 0 radical (unpaired) electrons. The van der Waals surface area contributed by atoms with Crippen molar-refractivity contribution in [2.75, 3.05) is 39.4 Å². The van der Waals surface area contributed by atoms with Crippen LogP contribution in [0, 0.1) is 6.92 Å². The van der Waals surface area contributed by atoms with Crippen molar-refractivity contribution in [2.45, 2.75) is 25.0 Å². The molecule has 20 heavy (non-hydrogen) atoms. The molecule has 0 aliphatic heterocycles. The molecule has 116 valence electrons. The first-order valence-electron chi connectivity index (χ1n) is 6.85. The van der Waals surface area contributed by atoms with Crippen molar-refractivity contribution in [3.63, 3.8) is 0 Å². The molecule has 0 amide bonds. The summed E-state index contributed by atoms with van der Waals surface area (Å²) in [5.74, 6) is 0. The highest BCUT2D eigenvalue weighted by molar-refractivity contribution is 7.91. The van der Waals surface area contributed by atoms with Crippen LogP contribution >= 0.6 is 11.3 Å². The van der Waals surface area contributed by atoms with Crippen LogP contribution in [0.3, 0.4) is 0 Å². The Morgan fingerprint density at radius 2 is 1.95 bits per heavy atom. The number of likely N-dealkylation sites (N-methyl/N-ethyl adjacent to an activating group) is 1. The molecule has 7 heteroatoms. The quantitative estimate of drug-likeness (QED) is 0.667. The monoisotopic (exact) mass is 320 g/mol. The number of rotatable bonds is 10. The van der Waals surface area contributed by atoms with Crippen LogP contribution in [0.1, 0.15) is 18.7 Å². The molecule has 0 aliphatic carbocycles.